The minimum Gasteiger partial charge on any atom is -0.336 e. The highest BCUT2D eigenvalue weighted by Crippen LogP contribution is 2.22. The van der Waals surface area contributed by atoms with Crippen molar-refractivity contribution in [3.05, 3.63) is 59.7 Å². The van der Waals surface area contributed by atoms with E-state index in [9.17, 15) is 9.59 Å². The largest absolute Gasteiger partial charge is 0.336 e. The van der Waals surface area contributed by atoms with Crippen LogP contribution in [0.2, 0.25) is 0 Å². The molecule has 0 aromatic heterocycles. The molecule has 1 unspecified atom stereocenters. The van der Waals surface area contributed by atoms with Crippen LogP contribution in [0.4, 0.5) is 16.2 Å². The Morgan fingerprint density at radius 3 is 2.69 bits per heavy atom. The maximum Gasteiger partial charge on any atom is 0.321 e. The van der Waals surface area contributed by atoms with Crippen molar-refractivity contribution in [2.45, 2.75) is 19.0 Å². The Morgan fingerprint density at radius 2 is 1.92 bits per heavy atom. The lowest BCUT2D eigenvalue weighted by Gasteiger charge is -2.25. The summed E-state index contributed by atoms with van der Waals surface area (Å²) >= 11 is 0. The van der Waals surface area contributed by atoms with Crippen molar-refractivity contribution in [2.75, 3.05) is 23.3 Å². The Labute approximate surface area is 158 Å². The van der Waals surface area contributed by atoms with E-state index in [1.165, 1.54) is 11.1 Å². The van der Waals surface area contributed by atoms with Crippen LogP contribution in [0.15, 0.2) is 48.5 Å². The molecule has 136 valence electrons. The van der Waals surface area contributed by atoms with Crippen molar-refractivity contribution in [3.63, 3.8) is 0 Å². The summed E-state index contributed by atoms with van der Waals surface area (Å²) in [6.07, 6.45) is 0.677. The number of halogens is 1. The number of fused-ring (bicyclic) bond motifs is 1. The van der Waals surface area contributed by atoms with Gasteiger partial charge in [0.25, 0.3) is 0 Å². The molecule has 1 saturated heterocycles. The molecule has 2 aliphatic rings. The Bertz CT molecular complexity index is 827. The monoisotopic (exact) mass is 372 g/mol. The summed E-state index contributed by atoms with van der Waals surface area (Å²) in [7, 11) is 0. The first-order chi connectivity index (χ1) is 12.2. The molecular formula is C19H21ClN4O2. The molecule has 2 aromatic rings. The zero-order valence-electron chi connectivity index (χ0n) is 14.2. The van der Waals surface area contributed by atoms with Crippen LogP contribution in [0.25, 0.3) is 0 Å². The molecule has 1 atom stereocenters. The molecule has 0 aliphatic carbocycles. The average molecular weight is 373 g/mol. The predicted molar refractivity (Wildman–Crippen MR) is 104 cm³/mol. The number of benzene rings is 2. The topological polar surface area (TPSA) is 73.5 Å². The van der Waals surface area contributed by atoms with Crippen LogP contribution in [0.3, 0.4) is 0 Å². The maximum atomic E-state index is 12.6. The minimum absolute atomic E-state index is 0. The van der Waals surface area contributed by atoms with Crippen molar-refractivity contribution in [2.24, 2.45) is 0 Å². The Balaban J connectivity index is 0.00000196. The first kappa shape index (κ1) is 18.2. The molecule has 2 aliphatic heterocycles. The average Bonchev–Trinajstić information content (AvgIpc) is 3.07. The summed E-state index contributed by atoms with van der Waals surface area (Å²) in [4.78, 5) is 26.1. The van der Waals surface area contributed by atoms with E-state index in [2.05, 4.69) is 28.1 Å². The lowest BCUT2D eigenvalue weighted by molar-refractivity contribution is -0.118. The van der Waals surface area contributed by atoms with Gasteiger partial charge in [0.1, 0.15) is 0 Å². The Hall–Kier alpha value is -2.57. The van der Waals surface area contributed by atoms with Crippen LogP contribution in [0.1, 0.15) is 11.1 Å². The molecule has 6 nitrogen and oxygen atoms in total. The van der Waals surface area contributed by atoms with Gasteiger partial charge in [0, 0.05) is 31.0 Å². The van der Waals surface area contributed by atoms with Crippen LogP contribution < -0.4 is 20.9 Å². The molecule has 0 bridgehead atoms. The smallest absolute Gasteiger partial charge is 0.321 e. The van der Waals surface area contributed by atoms with E-state index in [0.29, 0.717) is 31.7 Å². The van der Waals surface area contributed by atoms with Crippen LogP contribution >= 0.6 is 12.4 Å². The first-order valence-electron chi connectivity index (χ1n) is 8.47. The maximum absolute atomic E-state index is 12.6. The number of carbonyl (C=O) groups is 2. The zero-order valence-corrected chi connectivity index (χ0v) is 15.0. The zero-order chi connectivity index (χ0) is 17.2. The van der Waals surface area contributed by atoms with Crippen LogP contribution in [0, 0.1) is 0 Å². The normalized spacial score (nSPS) is 18.5. The lowest BCUT2D eigenvalue weighted by Crippen LogP contribution is -2.44. The van der Waals surface area contributed by atoms with Crippen molar-refractivity contribution < 1.29 is 9.59 Å². The lowest BCUT2D eigenvalue weighted by atomic mass is 9.95. The number of hydrogen-bond acceptors (Lipinski definition) is 3. The Morgan fingerprint density at radius 1 is 1.12 bits per heavy atom. The molecule has 26 heavy (non-hydrogen) atoms. The minimum atomic E-state index is -0.256. The SMILES string of the molecule is Cl.O=C(Nc1cccc(N2CCNC2=O)c1)C1Cc2ccccc2CN1. The molecule has 2 heterocycles. The van der Waals surface area contributed by atoms with Gasteiger partial charge in [-0.1, -0.05) is 30.3 Å². The summed E-state index contributed by atoms with van der Waals surface area (Å²) < 4.78 is 0. The van der Waals surface area contributed by atoms with Gasteiger partial charge in [0.2, 0.25) is 5.91 Å². The molecule has 0 saturated carbocycles. The van der Waals surface area contributed by atoms with Crippen molar-refractivity contribution in [1.82, 2.24) is 10.6 Å². The van der Waals surface area contributed by atoms with Gasteiger partial charge in [-0.25, -0.2) is 4.79 Å². The summed E-state index contributed by atoms with van der Waals surface area (Å²) in [6.45, 7) is 1.97. The molecule has 1 fully saturated rings. The highest BCUT2D eigenvalue weighted by atomic mass is 35.5. The number of rotatable bonds is 3. The van der Waals surface area contributed by atoms with E-state index >= 15 is 0 Å². The molecule has 3 N–H and O–H groups in total. The first-order valence-corrected chi connectivity index (χ1v) is 8.47. The number of nitrogens with one attached hydrogen (secondary N) is 3. The third kappa shape index (κ3) is 3.66. The second-order valence-electron chi connectivity index (χ2n) is 6.33. The van der Waals surface area contributed by atoms with Gasteiger partial charge in [-0.2, -0.15) is 0 Å². The van der Waals surface area contributed by atoms with Crippen molar-refractivity contribution in [1.29, 1.82) is 0 Å². The number of carbonyl (C=O) groups excluding carboxylic acids is 2. The van der Waals surface area contributed by atoms with Crippen molar-refractivity contribution in [3.8, 4) is 0 Å². The summed E-state index contributed by atoms with van der Waals surface area (Å²) in [5.41, 5.74) is 3.94. The highest BCUT2D eigenvalue weighted by molar-refractivity contribution is 5.97. The second kappa shape index (κ2) is 7.76. The summed E-state index contributed by atoms with van der Waals surface area (Å²) in [6, 6.07) is 15.2. The van der Waals surface area contributed by atoms with Gasteiger partial charge < -0.3 is 16.0 Å². The fourth-order valence-corrected chi connectivity index (χ4v) is 3.34. The van der Waals surface area contributed by atoms with E-state index in [1.54, 1.807) is 4.90 Å². The number of urea groups is 1. The number of hydrogen-bond donors (Lipinski definition) is 3. The van der Waals surface area contributed by atoms with Gasteiger partial charge in [0.15, 0.2) is 0 Å². The molecular weight excluding hydrogens is 352 g/mol. The third-order valence-electron chi connectivity index (χ3n) is 4.68. The number of amides is 3. The summed E-state index contributed by atoms with van der Waals surface area (Å²) in [5, 5.41) is 9.03. The van der Waals surface area contributed by atoms with E-state index in [0.717, 1.165) is 5.69 Å². The summed E-state index contributed by atoms with van der Waals surface area (Å²) in [5.74, 6) is -0.0578. The van der Waals surface area contributed by atoms with Gasteiger partial charge in [0.05, 0.1) is 6.04 Å². The van der Waals surface area contributed by atoms with Crippen LogP contribution in [-0.2, 0) is 17.8 Å². The number of nitrogens with zero attached hydrogens (tertiary/aromatic N) is 1. The third-order valence-corrected chi connectivity index (χ3v) is 4.68. The molecule has 0 radical (unpaired) electrons. The molecule has 4 rings (SSSR count). The quantitative estimate of drug-likeness (QED) is 0.774. The van der Waals surface area contributed by atoms with Gasteiger partial charge in [-0.05, 0) is 35.7 Å². The predicted octanol–water partition coefficient (Wildman–Crippen LogP) is 2.29. The van der Waals surface area contributed by atoms with E-state index < -0.39 is 0 Å². The van der Waals surface area contributed by atoms with E-state index in [1.807, 2.05) is 36.4 Å². The fraction of sp³-hybridized carbons (Fsp3) is 0.263. The van der Waals surface area contributed by atoms with Gasteiger partial charge in [-0.3, -0.25) is 9.69 Å². The second-order valence-corrected chi connectivity index (χ2v) is 6.33. The van der Waals surface area contributed by atoms with Crippen LogP contribution in [-0.4, -0.2) is 31.1 Å². The van der Waals surface area contributed by atoms with Gasteiger partial charge in [-0.15, -0.1) is 12.4 Å². The highest BCUT2D eigenvalue weighted by Gasteiger charge is 2.25. The van der Waals surface area contributed by atoms with E-state index in [-0.39, 0.29) is 30.4 Å². The fourth-order valence-electron chi connectivity index (χ4n) is 3.34. The van der Waals surface area contributed by atoms with Crippen molar-refractivity contribution >= 4 is 35.7 Å². The standard InChI is InChI=1S/C19H20N4O2.ClH/c24-18(17-10-13-4-1-2-5-14(13)12-21-17)22-15-6-3-7-16(11-15)23-9-8-20-19(23)25;/h1-7,11,17,21H,8-10,12H2,(H,20,25)(H,22,24);1H. The Kier molecular flexibility index (Phi) is 5.44. The van der Waals surface area contributed by atoms with E-state index in [4.69, 9.17) is 0 Å². The molecule has 0 spiro atoms. The molecule has 2 aromatic carbocycles. The van der Waals surface area contributed by atoms with Crippen LogP contribution in [0.5, 0.6) is 0 Å². The van der Waals surface area contributed by atoms with Gasteiger partial charge >= 0.3 is 6.03 Å². The molecule has 3 amide bonds. The molecule has 7 heteroatoms. The number of anilines is 2.